The Labute approximate surface area is 126 Å². The maximum atomic E-state index is 5.57. The number of hydrogen-bond acceptors (Lipinski definition) is 5. The van der Waals surface area contributed by atoms with E-state index < -0.39 is 0 Å². The van der Waals surface area contributed by atoms with Crippen LogP contribution in [0.5, 0.6) is 17.2 Å². The summed E-state index contributed by atoms with van der Waals surface area (Å²) in [5.74, 6) is 2.81. The van der Waals surface area contributed by atoms with Crippen molar-refractivity contribution in [3.8, 4) is 17.2 Å². The van der Waals surface area contributed by atoms with Crippen LogP contribution in [0, 0.1) is 5.92 Å². The normalized spacial score (nSPS) is 17.3. The molecule has 0 radical (unpaired) electrons. The van der Waals surface area contributed by atoms with Gasteiger partial charge >= 0.3 is 0 Å². The van der Waals surface area contributed by atoms with Gasteiger partial charge in [0.05, 0.1) is 26.9 Å². The summed E-state index contributed by atoms with van der Waals surface area (Å²) in [5.41, 5.74) is 1.05. The van der Waals surface area contributed by atoms with Crippen molar-refractivity contribution in [3.05, 3.63) is 17.7 Å². The Kier molecular flexibility index (Phi) is 5.70. The largest absolute Gasteiger partial charge is 0.496 e. The third kappa shape index (κ3) is 3.41. The maximum Gasteiger partial charge on any atom is 0.131 e. The molecule has 0 spiro atoms. The van der Waals surface area contributed by atoms with Gasteiger partial charge < -0.3 is 24.3 Å². The van der Waals surface area contributed by atoms with Crippen LogP contribution in [0.1, 0.15) is 24.4 Å². The van der Waals surface area contributed by atoms with Crippen LogP contribution in [0.3, 0.4) is 0 Å². The zero-order valence-electron chi connectivity index (χ0n) is 13.3. The lowest BCUT2D eigenvalue weighted by molar-refractivity contribution is 0.0539. The molecule has 0 aromatic heterocycles. The Bertz CT molecular complexity index is 433. The molecule has 5 heteroatoms. The molecule has 1 fully saturated rings. The molecule has 1 aromatic rings. The first-order chi connectivity index (χ1) is 10.2. The molecule has 2 rings (SSSR count). The quantitative estimate of drug-likeness (QED) is 0.873. The molecule has 1 unspecified atom stereocenters. The Balaban J connectivity index is 2.42. The number of rotatable bonds is 6. The SMILES string of the molecule is CNC(c1c(OC)cc(OC)cc1OC)C1CCOCC1. The van der Waals surface area contributed by atoms with E-state index in [1.807, 2.05) is 19.2 Å². The van der Waals surface area contributed by atoms with Crippen molar-refractivity contribution < 1.29 is 18.9 Å². The van der Waals surface area contributed by atoms with Gasteiger partial charge in [-0.25, -0.2) is 0 Å². The van der Waals surface area contributed by atoms with E-state index in [1.165, 1.54) is 0 Å². The van der Waals surface area contributed by atoms with E-state index in [2.05, 4.69) is 5.32 Å². The van der Waals surface area contributed by atoms with Crippen LogP contribution in [-0.2, 0) is 4.74 Å². The first-order valence-corrected chi connectivity index (χ1v) is 7.30. The molecule has 1 N–H and O–H groups in total. The average Bonchev–Trinajstić information content (AvgIpc) is 2.56. The predicted molar refractivity (Wildman–Crippen MR) is 81.4 cm³/mol. The molecule has 1 aliphatic rings. The van der Waals surface area contributed by atoms with Crippen molar-refractivity contribution in [2.75, 3.05) is 41.6 Å². The minimum atomic E-state index is 0.171. The number of hydrogen-bond donors (Lipinski definition) is 1. The molecular formula is C16H25NO4. The second-order valence-electron chi connectivity index (χ2n) is 5.16. The lowest BCUT2D eigenvalue weighted by atomic mass is 9.86. The van der Waals surface area contributed by atoms with E-state index in [-0.39, 0.29) is 6.04 Å². The first-order valence-electron chi connectivity index (χ1n) is 7.30. The molecule has 118 valence electrons. The van der Waals surface area contributed by atoms with Crippen LogP contribution < -0.4 is 19.5 Å². The molecule has 1 aromatic carbocycles. The van der Waals surface area contributed by atoms with Gasteiger partial charge in [0.15, 0.2) is 0 Å². The second-order valence-corrected chi connectivity index (χ2v) is 5.16. The number of methoxy groups -OCH3 is 3. The van der Waals surface area contributed by atoms with E-state index in [9.17, 15) is 0 Å². The topological polar surface area (TPSA) is 49.0 Å². The fourth-order valence-corrected chi connectivity index (χ4v) is 3.00. The summed E-state index contributed by atoms with van der Waals surface area (Å²) in [6.07, 6.45) is 2.06. The summed E-state index contributed by atoms with van der Waals surface area (Å²) in [7, 11) is 6.97. The van der Waals surface area contributed by atoms with Gasteiger partial charge in [-0.05, 0) is 25.8 Å². The minimum absolute atomic E-state index is 0.171. The third-order valence-electron chi connectivity index (χ3n) is 4.11. The van der Waals surface area contributed by atoms with E-state index in [0.717, 1.165) is 48.9 Å². The summed E-state index contributed by atoms with van der Waals surface area (Å²) < 4.78 is 21.9. The molecule has 0 bridgehead atoms. The average molecular weight is 295 g/mol. The van der Waals surface area contributed by atoms with E-state index in [0.29, 0.717) is 5.92 Å². The van der Waals surface area contributed by atoms with Gasteiger partial charge in [-0.1, -0.05) is 0 Å². The minimum Gasteiger partial charge on any atom is -0.496 e. The Morgan fingerprint density at radius 1 is 1.05 bits per heavy atom. The highest BCUT2D eigenvalue weighted by molar-refractivity contribution is 5.52. The molecule has 1 heterocycles. The highest BCUT2D eigenvalue weighted by Gasteiger charge is 2.29. The highest BCUT2D eigenvalue weighted by Crippen LogP contribution is 2.42. The lowest BCUT2D eigenvalue weighted by Crippen LogP contribution is -2.30. The summed E-state index contributed by atoms with van der Waals surface area (Å²) in [4.78, 5) is 0. The highest BCUT2D eigenvalue weighted by atomic mass is 16.5. The third-order valence-corrected chi connectivity index (χ3v) is 4.11. The van der Waals surface area contributed by atoms with Crippen molar-refractivity contribution in [1.29, 1.82) is 0 Å². The Morgan fingerprint density at radius 2 is 1.62 bits per heavy atom. The van der Waals surface area contributed by atoms with Gasteiger partial charge in [-0.3, -0.25) is 0 Å². The van der Waals surface area contributed by atoms with Crippen LogP contribution >= 0.6 is 0 Å². The fraction of sp³-hybridized carbons (Fsp3) is 0.625. The van der Waals surface area contributed by atoms with Crippen LogP contribution in [0.4, 0.5) is 0 Å². The number of ether oxygens (including phenoxy) is 4. The molecule has 1 saturated heterocycles. The second kappa shape index (κ2) is 7.52. The van der Waals surface area contributed by atoms with Crippen molar-refractivity contribution in [3.63, 3.8) is 0 Å². The summed E-state index contributed by atoms with van der Waals surface area (Å²) in [6, 6.07) is 3.98. The summed E-state index contributed by atoms with van der Waals surface area (Å²) in [5, 5.41) is 3.42. The first kappa shape index (κ1) is 15.9. The number of benzene rings is 1. The van der Waals surface area contributed by atoms with Crippen LogP contribution in [0.2, 0.25) is 0 Å². The molecule has 21 heavy (non-hydrogen) atoms. The van der Waals surface area contributed by atoms with E-state index >= 15 is 0 Å². The van der Waals surface area contributed by atoms with Crippen LogP contribution in [0.15, 0.2) is 12.1 Å². The standard InChI is InChI=1S/C16H25NO4/c1-17-16(11-5-7-21-8-6-11)15-13(19-3)9-12(18-2)10-14(15)20-4/h9-11,16-17H,5-8H2,1-4H3. The van der Waals surface area contributed by atoms with Crippen LogP contribution in [-0.4, -0.2) is 41.6 Å². The van der Waals surface area contributed by atoms with Crippen LogP contribution in [0.25, 0.3) is 0 Å². The predicted octanol–water partition coefficient (Wildman–Crippen LogP) is 2.40. The molecule has 1 aliphatic heterocycles. The fourth-order valence-electron chi connectivity index (χ4n) is 3.00. The van der Waals surface area contributed by atoms with Gasteiger partial charge in [-0.15, -0.1) is 0 Å². The Hall–Kier alpha value is -1.46. The molecule has 0 saturated carbocycles. The van der Waals surface area contributed by atoms with Gasteiger partial charge in [0.1, 0.15) is 17.2 Å². The lowest BCUT2D eigenvalue weighted by Gasteiger charge is -2.32. The molecule has 0 aliphatic carbocycles. The van der Waals surface area contributed by atoms with Gasteiger partial charge in [0.2, 0.25) is 0 Å². The zero-order valence-corrected chi connectivity index (χ0v) is 13.3. The monoisotopic (exact) mass is 295 g/mol. The smallest absolute Gasteiger partial charge is 0.131 e. The van der Waals surface area contributed by atoms with Gasteiger partial charge in [0.25, 0.3) is 0 Å². The summed E-state index contributed by atoms with van der Waals surface area (Å²) >= 11 is 0. The molecule has 1 atom stereocenters. The van der Waals surface area contributed by atoms with Gasteiger partial charge in [0, 0.05) is 31.4 Å². The zero-order chi connectivity index (χ0) is 15.2. The van der Waals surface area contributed by atoms with E-state index in [4.69, 9.17) is 18.9 Å². The van der Waals surface area contributed by atoms with Crippen molar-refractivity contribution in [1.82, 2.24) is 5.32 Å². The summed E-state index contributed by atoms with van der Waals surface area (Å²) in [6.45, 7) is 1.62. The van der Waals surface area contributed by atoms with Crippen molar-refractivity contribution in [2.24, 2.45) is 5.92 Å². The van der Waals surface area contributed by atoms with E-state index in [1.54, 1.807) is 21.3 Å². The Morgan fingerprint density at radius 3 is 2.05 bits per heavy atom. The molecule has 0 amide bonds. The molecule has 5 nitrogen and oxygen atoms in total. The number of nitrogens with one attached hydrogen (secondary N) is 1. The molecular weight excluding hydrogens is 270 g/mol. The van der Waals surface area contributed by atoms with Crippen molar-refractivity contribution >= 4 is 0 Å². The van der Waals surface area contributed by atoms with Gasteiger partial charge in [-0.2, -0.15) is 0 Å². The van der Waals surface area contributed by atoms with Crippen molar-refractivity contribution in [2.45, 2.75) is 18.9 Å². The maximum absolute atomic E-state index is 5.57.